The fourth-order valence-corrected chi connectivity index (χ4v) is 1.63. The maximum absolute atomic E-state index is 9.92. The molecule has 0 aliphatic carbocycles. The predicted molar refractivity (Wildman–Crippen MR) is 69.7 cm³/mol. The largest absolute Gasteiger partial charge is 2.00 e. The Hall–Kier alpha value is 0.533. The van der Waals surface area contributed by atoms with Crippen molar-refractivity contribution in [3.8, 4) is 0 Å². The maximum Gasteiger partial charge on any atom is 2.00 e. The van der Waals surface area contributed by atoms with Crippen LogP contribution in [0.25, 0.3) is 0 Å². The van der Waals surface area contributed by atoms with Crippen molar-refractivity contribution in [1.82, 2.24) is 0 Å². The Morgan fingerprint density at radius 2 is 1.41 bits per heavy atom. The van der Waals surface area contributed by atoms with Gasteiger partial charge in [-0.1, -0.05) is 45.4 Å². The zero-order chi connectivity index (χ0) is 12.9. The van der Waals surface area contributed by atoms with Crippen LogP contribution in [0.2, 0.25) is 0 Å². The van der Waals surface area contributed by atoms with Crippen LogP contribution in [0.5, 0.6) is 0 Å². The van der Waals surface area contributed by atoms with E-state index in [-0.39, 0.29) is 25.2 Å². The van der Waals surface area contributed by atoms with Crippen molar-refractivity contribution < 1.29 is 32.4 Å². The summed E-state index contributed by atoms with van der Waals surface area (Å²) in [5.41, 5.74) is 0. The van der Waals surface area contributed by atoms with Crippen LogP contribution in [-0.4, -0.2) is 18.7 Å². The van der Waals surface area contributed by atoms with Crippen LogP contribution in [0.15, 0.2) is 0 Å². The third-order valence-corrected chi connectivity index (χ3v) is 2.81. The summed E-state index contributed by atoms with van der Waals surface area (Å²) >= 11 is 0. The molecule has 0 aliphatic rings. The van der Waals surface area contributed by atoms with Gasteiger partial charge in [-0.15, -0.1) is 0 Å². The molecule has 0 rings (SSSR count). The van der Waals surface area contributed by atoms with E-state index in [2.05, 4.69) is 20.8 Å². The van der Waals surface area contributed by atoms with Crippen molar-refractivity contribution in [3.63, 3.8) is 0 Å². The van der Waals surface area contributed by atoms with E-state index < -0.39 is 10.1 Å². The van der Waals surface area contributed by atoms with Crippen molar-refractivity contribution in [2.24, 2.45) is 0 Å². The monoisotopic (exact) mass is 314 g/mol. The molecule has 3 nitrogen and oxygen atoms in total. The van der Waals surface area contributed by atoms with Crippen LogP contribution < -0.4 is 0 Å². The van der Waals surface area contributed by atoms with Crippen LogP contribution in [0.3, 0.4) is 0 Å². The molecule has 1 N–H and O–H groups in total. The van der Waals surface area contributed by atoms with Crippen LogP contribution >= 0.6 is 0 Å². The van der Waals surface area contributed by atoms with Gasteiger partial charge in [0.2, 0.25) is 0 Å². The smallest absolute Gasteiger partial charge is 0.343 e. The van der Waals surface area contributed by atoms with Crippen LogP contribution in [0.1, 0.15) is 58.3 Å². The SMILES string of the molecule is [CH2-]CCCCCCC.[CH2-]CCCS(=O)(=O)O.[Zn+2]. The second-order valence-corrected chi connectivity index (χ2v) is 5.33. The summed E-state index contributed by atoms with van der Waals surface area (Å²) in [6, 6.07) is 0. The topological polar surface area (TPSA) is 54.4 Å². The van der Waals surface area contributed by atoms with E-state index in [4.69, 9.17) is 4.55 Å². The van der Waals surface area contributed by atoms with Gasteiger partial charge in [-0.05, 0) is 0 Å². The molecular weight excluding hydrogens is 290 g/mol. The molecule has 0 aromatic rings. The quantitative estimate of drug-likeness (QED) is 0.322. The molecule has 0 amide bonds. The Balaban J connectivity index is -0.000000218. The van der Waals surface area contributed by atoms with Gasteiger partial charge < -0.3 is 13.8 Å². The normalized spacial score (nSPS) is 10.1. The van der Waals surface area contributed by atoms with Crippen LogP contribution in [0.4, 0.5) is 0 Å². The molecule has 0 radical (unpaired) electrons. The standard InChI is InChI=1S/C8H17.C4H9O3S.Zn/c1-3-5-7-8-6-4-2;1-2-3-4-8(5,6)7;/h1,3-8H2,2H3;1-4H2,(H,5,6,7);/q2*-1;+2. The minimum absolute atomic E-state index is 0. The molecule has 0 aliphatic heterocycles. The van der Waals surface area contributed by atoms with Crippen molar-refractivity contribution >= 4 is 10.1 Å². The zero-order valence-electron chi connectivity index (χ0n) is 11.2. The van der Waals surface area contributed by atoms with Gasteiger partial charge in [0, 0.05) is 0 Å². The van der Waals surface area contributed by atoms with Gasteiger partial charge in [-0.25, -0.2) is 0 Å². The molecular formula is C12H26O3SZn. The van der Waals surface area contributed by atoms with Crippen LogP contribution in [0, 0.1) is 13.8 Å². The van der Waals surface area contributed by atoms with Gasteiger partial charge >= 0.3 is 19.5 Å². The third kappa shape index (κ3) is 31.5. The van der Waals surface area contributed by atoms with E-state index in [0.29, 0.717) is 12.8 Å². The first-order valence-corrected chi connectivity index (χ1v) is 7.62. The summed E-state index contributed by atoms with van der Waals surface area (Å²) in [6.07, 6.45) is 8.95. The molecule has 0 heterocycles. The maximum atomic E-state index is 9.92. The summed E-state index contributed by atoms with van der Waals surface area (Å²) in [7, 11) is -3.73. The van der Waals surface area contributed by atoms with E-state index in [9.17, 15) is 8.42 Å². The van der Waals surface area contributed by atoms with Gasteiger partial charge in [0.1, 0.15) is 0 Å². The molecule has 0 bridgehead atoms. The fourth-order valence-electron chi connectivity index (χ4n) is 1.06. The van der Waals surface area contributed by atoms with Gasteiger partial charge in [0.05, 0.1) is 5.75 Å². The third-order valence-electron chi connectivity index (χ3n) is 2.01. The van der Waals surface area contributed by atoms with Gasteiger partial charge in [0.15, 0.2) is 0 Å². The molecule has 0 fully saturated rings. The Morgan fingerprint density at radius 1 is 0.941 bits per heavy atom. The predicted octanol–water partition coefficient (Wildman–Crippen LogP) is 3.67. The molecule has 0 aromatic carbocycles. The minimum Gasteiger partial charge on any atom is -0.343 e. The number of hydrogen-bond acceptors (Lipinski definition) is 2. The first kappa shape index (κ1) is 22.7. The van der Waals surface area contributed by atoms with Gasteiger partial charge in [-0.3, -0.25) is 4.55 Å². The summed E-state index contributed by atoms with van der Waals surface area (Å²) < 4.78 is 27.9. The second kappa shape index (κ2) is 16.5. The minimum atomic E-state index is -3.73. The summed E-state index contributed by atoms with van der Waals surface area (Å²) in [6.45, 7) is 9.44. The summed E-state index contributed by atoms with van der Waals surface area (Å²) in [5.74, 6) is -0.170. The summed E-state index contributed by atoms with van der Waals surface area (Å²) in [4.78, 5) is 0. The summed E-state index contributed by atoms with van der Waals surface area (Å²) in [5, 5.41) is 0. The molecule has 0 aromatic heterocycles. The van der Waals surface area contributed by atoms with E-state index in [1.807, 2.05) is 0 Å². The Labute approximate surface area is 120 Å². The van der Waals surface area contributed by atoms with Crippen molar-refractivity contribution in [3.05, 3.63) is 13.8 Å². The molecule has 0 saturated heterocycles. The van der Waals surface area contributed by atoms with Crippen molar-refractivity contribution in [2.45, 2.75) is 58.3 Å². The van der Waals surface area contributed by atoms with E-state index in [1.54, 1.807) is 0 Å². The molecule has 0 atom stereocenters. The molecule has 0 unspecified atom stereocenters. The number of rotatable bonds is 8. The van der Waals surface area contributed by atoms with E-state index in [0.717, 1.165) is 6.42 Å². The second-order valence-electron chi connectivity index (χ2n) is 3.76. The van der Waals surface area contributed by atoms with E-state index in [1.165, 1.54) is 32.1 Å². The molecule has 17 heavy (non-hydrogen) atoms. The first-order valence-electron chi connectivity index (χ1n) is 6.01. The average Bonchev–Trinajstić information content (AvgIpc) is 2.22. The zero-order valence-corrected chi connectivity index (χ0v) is 14.9. The fraction of sp³-hybridized carbons (Fsp3) is 0.833. The molecule has 100 valence electrons. The number of hydrogen-bond donors (Lipinski definition) is 1. The Bertz CT molecular complexity index is 210. The average molecular weight is 316 g/mol. The molecule has 5 heteroatoms. The first-order chi connectivity index (χ1) is 7.47. The number of unbranched alkanes of at least 4 members (excludes halogenated alkanes) is 6. The van der Waals surface area contributed by atoms with Crippen LogP contribution in [-0.2, 0) is 29.6 Å². The Kier molecular flexibility index (Phi) is 22.1. The van der Waals surface area contributed by atoms with Gasteiger partial charge in [0.25, 0.3) is 10.1 Å². The van der Waals surface area contributed by atoms with Crippen molar-refractivity contribution in [2.75, 3.05) is 5.75 Å². The van der Waals surface area contributed by atoms with Crippen molar-refractivity contribution in [1.29, 1.82) is 0 Å². The molecule has 0 saturated carbocycles. The van der Waals surface area contributed by atoms with E-state index >= 15 is 0 Å². The molecule has 0 spiro atoms. The van der Waals surface area contributed by atoms with Gasteiger partial charge in [-0.2, -0.15) is 21.3 Å². The Morgan fingerprint density at radius 3 is 1.71 bits per heavy atom.